The van der Waals surface area contributed by atoms with Crippen LogP contribution in [0.1, 0.15) is 10.4 Å². The van der Waals surface area contributed by atoms with Crippen molar-refractivity contribution in [3.05, 3.63) is 56.0 Å². The number of carbonyl (C=O) groups excluding carboxylic acids is 2. The van der Waals surface area contributed by atoms with E-state index in [0.29, 0.717) is 9.82 Å². The van der Waals surface area contributed by atoms with Gasteiger partial charge >= 0.3 is 5.97 Å². The summed E-state index contributed by atoms with van der Waals surface area (Å²) < 4.78 is 7.34. The second-order valence-corrected chi connectivity index (χ2v) is 7.76. The Kier molecular flexibility index (Phi) is 5.70. The summed E-state index contributed by atoms with van der Waals surface area (Å²) in [5.41, 5.74) is 1.61. The van der Waals surface area contributed by atoms with E-state index >= 15 is 0 Å². The van der Waals surface area contributed by atoms with Gasteiger partial charge in [-0.05, 0) is 42.1 Å². The van der Waals surface area contributed by atoms with Crippen molar-refractivity contribution in [3.8, 4) is 0 Å². The fraction of sp³-hybridized carbons (Fsp3) is 0.167. The van der Waals surface area contributed by atoms with Gasteiger partial charge in [0.2, 0.25) is 0 Å². The molecule has 8 heteroatoms. The van der Waals surface area contributed by atoms with Crippen LogP contribution in [0.2, 0.25) is 5.02 Å². The lowest BCUT2D eigenvalue weighted by molar-refractivity contribution is -0.141. The van der Waals surface area contributed by atoms with Crippen molar-refractivity contribution in [1.29, 1.82) is 0 Å². The second-order valence-electron chi connectivity index (χ2n) is 5.36. The van der Waals surface area contributed by atoms with Crippen LogP contribution in [-0.4, -0.2) is 23.6 Å². The number of aromatic nitrogens is 1. The molecule has 26 heavy (non-hydrogen) atoms. The Labute approximate surface area is 162 Å². The molecule has 0 spiro atoms. The van der Waals surface area contributed by atoms with E-state index in [2.05, 4.69) is 4.99 Å². The Bertz CT molecular complexity index is 1060. The van der Waals surface area contributed by atoms with Crippen LogP contribution in [0.4, 0.5) is 0 Å². The molecule has 0 aliphatic carbocycles. The molecule has 3 aromatic rings. The maximum absolute atomic E-state index is 12.2. The quantitative estimate of drug-likeness (QED) is 0.485. The number of thiophene rings is 1. The number of carbonyl (C=O) groups is 2. The maximum Gasteiger partial charge on any atom is 0.325 e. The van der Waals surface area contributed by atoms with E-state index in [1.165, 1.54) is 35.9 Å². The van der Waals surface area contributed by atoms with Crippen molar-refractivity contribution < 1.29 is 14.3 Å². The first-order valence-electron chi connectivity index (χ1n) is 7.65. The molecule has 0 saturated carbocycles. The molecule has 0 fully saturated rings. The summed E-state index contributed by atoms with van der Waals surface area (Å²) in [5, 5.41) is 2.52. The molecule has 0 unspecified atom stereocenters. The van der Waals surface area contributed by atoms with E-state index in [1.807, 2.05) is 30.5 Å². The largest absolute Gasteiger partial charge is 0.468 e. The summed E-state index contributed by atoms with van der Waals surface area (Å²) in [6.45, 7) is 1.83. The number of methoxy groups -OCH3 is 1. The lowest BCUT2D eigenvalue weighted by Crippen LogP contribution is -2.22. The number of thiazole rings is 1. The lowest BCUT2D eigenvalue weighted by atomic mass is 10.2. The molecule has 0 aliphatic rings. The molecular formula is C18H15ClN2O3S2. The van der Waals surface area contributed by atoms with Gasteiger partial charge in [-0.3, -0.25) is 9.59 Å². The predicted molar refractivity (Wildman–Crippen MR) is 106 cm³/mol. The fourth-order valence-corrected chi connectivity index (χ4v) is 4.28. The van der Waals surface area contributed by atoms with Crippen LogP contribution in [0.15, 0.2) is 40.7 Å². The molecule has 3 rings (SSSR count). The molecule has 0 radical (unpaired) electrons. The van der Waals surface area contributed by atoms with Crippen molar-refractivity contribution in [1.82, 2.24) is 4.57 Å². The van der Waals surface area contributed by atoms with Crippen molar-refractivity contribution in [2.75, 3.05) is 7.11 Å². The van der Waals surface area contributed by atoms with Crippen LogP contribution in [0.25, 0.3) is 16.3 Å². The van der Waals surface area contributed by atoms with Crippen LogP contribution >= 0.6 is 34.3 Å². The summed E-state index contributed by atoms with van der Waals surface area (Å²) >= 11 is 9.08. The van der Waals surface area contributed by atoms with Gasteiger partial charge in [-0.2, -0.15) is 4.99 Å². The van der Waals surface area contributed by atoms with Crippen molar-refractivity contribution in [2.45, 2.75) is 13.5 Å². The van der Waals surface area contributed by atoms with Gasteiger partial charge < -0.3 is 9.30 Å². The SMILES string of the molecule is COC(=O)Cn1c(=NC(=O)C=Cc2cccs2)sc2ccc(Cl)c(C)c21. The Morgan fingerprint density at radius 3 is 2.85 bits per heavy atom. The number of nitrogens with zero attached hydrogens (tertiary/aromatic N) is 2. The number of amides is 1. The van der Waals surface area contributed by atoms with E-state index in [1.54, 1.807) is 16.7 Å². The van der Waals surface area contributed by atoms with Crippen LogP contribution in [0.3, 0.4) is 0 Å². The number of benzene rings is 1. The van der Waals surface area contributed by atoms with Crippen LogP contribution in [0, 0.1) is 6.92 Å². The van der Waals surface area contributed by atoms with E-state index in [4.69, 9.17) is 16.3 Å². The highest BCUT2D eigenvalue weighted by Gasteiger charge is 2.14. The fourth-order valence-electron chi connectivity index (χ4n) is 2.41. The third-order valence-electron chi connectivity index (χ3n) is 3.68. The Hall–Kier alpha value is -2.22. The normalized spacial score (nSPS) is 12.2. The molecule has 0 aliphatic heterocycles. The van der Waals surface area contributed by atoms with Crippen molar-refractivity contribution in [2.24, 2.45) is 4.99 Å². The van der Waals surface area contributed by atoms with Gasteiger partial charge in [0, 0.05) is 16.0 Å². The second kappa shape index (κ2) is 7.99. The summed E-state index contributed by atoms with van der Waals surface area (Å²) in [6, 6.07) is 7.47. The van der Waals surface area contributed by atoms with Crippen LogP contribution < -0.4 is 4.80 Å². The molecule has 134 valence electrons. The van der Waals surface area contributed by atoms with Crippen molar-refractivity contribution in [3.63, 3.8) is 0 Å². The molecule has 0 N–H and O–H groups in total. The topological polar surface area (TPSA) is 60.7 Å². The standard InChI is InChI=1S/C18H15ClN2O3S2/c1-11-13(19)6-7-14-17(11)21(10-16(23)24-2)18(26-14)20-15(22)8-5-12-4-3-9-25-12/h3-9H,10H2,1-2H3. The molecule has 1 aromatic carbocycles. The molecule has 1 amide bonds. The van der Waals surface area contributed by atoms with Gasteiger partial charge in [0.15, 0.2) is 4.80 Å². The molecule has 5 nitrogen and oxygen atoms in total. The number of hydrogen-bond donors (Lipinski definition) is 0. The predicted octanol–water partition coefficient (Wildman–Crippen LogP) is 4.04. The molecule has 2 aromatic heterocycles. The van der Waals surface area contributed by atoms with E-state index in [0.717, 1.165) is 20.7 Å². The third kappa shape index (κ3) is 3.95. The van der Waals surface area contributed by atoms with Crippen molar-refractivity contribution >= 4 is 62.4 Å². The number of fused-ring (bicyclic) bond motifs is 1. The average Bonchev–Trinajstić information content (AvgIpc) is 3.25. The number of halogens is 1. The first-order chi connectivity index (χ1) is 12.5. The number of aryl methyl sites for hydroxylation is 1. The number of hydrogen-bond acceptors (Lipinski definition) is 5. The van der Waals surface area contributed by atoms with Gasteiger partial charge in [0.1, 0.15) is 6.54 Å². The highest BCUT2D eigenvalue weighted by Crippen LogP contribution is 2.27. The molecular weight excluding hydrogens is 392 g/mol. The van der Waals surface area contributed by atoms with Gasteiger partial charge in [0.25, 0.3) is 5.91 Å². The van der Waals surface area contributed by atoms with E-state index < -0.39 is 11.9 Å². The molecule has 2 heterocycles. The highest BCUT2D eigenvalue weighted by molar-refractivity contribution is 7.16. The molecule has 0 atom stereocenters. The zero-order valence-electron chi connectivity index (χ0n) is 14.1. The maximum atomic E-state index is 12.2. The van der Waals surface area contributed by atoms with Crippen LogP contribution in [0.5, 0.6) is 0 Å². The number of esters is 1. The lowest BCUT2D eigenvalue weighted by Gasteiger charge is -2.06. The van der Waals surface area contributed by atoms with E-state index in [-0.39, 0.29) is 6.54 Å². The minimum absolute atomic E-state index is 0.0432. The monoisotopic (exact) mass is 406 g/mol. The zero-order valence-corrected chi connectivity index (χ0v) is 16.5. The van der Waals surface area contributed by atoms with E-state index in [9.17, 15) is 9.59 Å². The summed E-state index contributed by atoms with van der Waals surface area (Å²) in [7, 11) is 1.32. The summed E-state index contributed by atoms with van der Waals surface area (Å²) in [5.74, 6) is -0.820. The summed E-state index contributed by atoms with van der Waals surface area (Å²) in [6.07, 6.45) is 3.13. The van der Waals surface area contributed by atoms with Gasteiger partial charge in [-0.25, -0.2) is 0 Å². The van der Waals surface area contributed by atoms with Gasteiger partial charge in [-0.15, -0.1) is 11.3 Å². The number of rotatable bonds is 4. The highest BCUT2D eigenvalue weighted by atomic mass is 35.5. The Balaban J connectivity index is 2.09. The smallest absolute Gasteiger partial charge is 0.325 e. The number of ether oxygens (including phenoxy) is 1. The minimum Gasteiger partial charge on any atom is -0.468 e. The zero-order chi connectivity index (χ0) is 18.7. The molecule has 0 saturated heterocycles. The molecule has 0 bridgehead atoms. The Morgan fingerprint density at radius 2 is 2.15 bits per heavy atom. The van der Waals surface area contributed by atoms with Gasteiger partial charge in [0.05, 0.1) is 17.3 Å². The Morgan fingerprint density at radius 1 is 1.35 bits per heavy atom. The van der Waals surface area contributed by atoms with Gasteiger partial charge in [-0.1, -0.05) is 29.0 Å². The van der Waals surface area contributed by atoms with Crippen LogP contribution in [-0.2, 0) is 20.9 Å². The first kappa shape index (κ1) is 18.6. The first-order valence-corrected chi connectivity index (χ1v) is 9.72. The minimum atomic E-state index is -0.424. The third-order valence-corrected chi connectivity index (χ3v) is 5.97. The average molecular weight is 407 g/mol. The summed E-state index contributed by atoms with van der Waals surface area (Å²) in [4.78, 5) is 29.6.